The number of likely N-dealkylation sites (tertiary alicyclic amines) is 1. The summed E-state index contributed by atoms with van der Waals surface area (Å²) in [5.74, 6) is -1.40. The maximum atomic E-state index is 14.0. The monoisotopic (exact) mass is 720 g/mol. The van der Waals surface area contributed by atoms with Gasteiger partial charge in [-0.2, -0.15) is 13.2 Å². The van der Waals surface area contributed by atoms with Gasteiger partial charge in [-0.15, -0.1) is 11.3 Å². The van der Waals surface area contributed by atoms with E-state index < -0.39 is 30.2 Å². The number of halogens is 3. The number of carbonyl (C=O) groups excluding carboxylic acids is 2. The van der Waals surface area contributed by atoms with Gasteiger partial charge in [-0.3, -0.25) is 9.59 Å². The van der Waals surface area contributed by atoms with Crippen molar-refractivity contribution >= 4 is 34.9 Å². The first-order chi connectivity index (χ1) is 23.6. The Kier molecular flexibility index (Phi) is 11.5. The molecule has 2 aromatic heterocycles. The summed E-state index contributed by atoms with van der Waals surface area (Å²) in [5.41, 5.74) is 4.89. The highest BCUT2D eigenvalue weighted by molar-refractivity contribution is 7.13. The fraction of sp³-hybridized carbons (Fsp3) is 0.559. The number of nitrogens with one attached hydrogen (secondary N) is 2. The number of aryl methyl sites for hydroxylation is 1. The molecule has 4 N–H and O–H groups in total. The third-order valence-electron chi connectivity index (χ3n) is 9.64. The van der Waals surface area contributed by atoms with Gasteiger partial charge in [0, 0.05) is 32.1 Å². The number of aliphatic carboxylic acids is 1. The fourth-order valence-electron chi connectivity index (χ4n) is 6.95. The summed E-state index contributed by atoms with van der Waals surface area (Å²) < 4.78 is 37.5. The predicted octanol–water partition coefficient (Wildman–Crippen LogP) is 4.36. The van der Waals surface area contributed by atoms with Crippen LogP contribution in [0.25, 0.3) is 10.4 Å². The van der Waals surface area contributed by atoms with Gasteiger partial charge in [0.15, 0.2) is 11.6 Å². The van der Waals surface area contributed by atoms with Crippen LogP contribution in [0, 0.1) is 24.7 Å². The molecule has 3 aromatic rings. The van der Waals surface area contributed by atoms with Crippen LogP contribution in [0.5, 0.6) is 0 Å². The number of anilines is 1. The maximum Gasteiger partial charge on any atom is 0.490 e. The Balaban J connectivity index is 0.000000630. The summed E-state index contributed by atoms with van der Waals surface area (Å²) in [6.45, 7) is 11.9. The first-order valence-electron chi connectivity index (χ1n) is 16.7. The standard InChI is InChI=1S/C32H42N6O4S.C2HF3O2/c1-18(2)29(27-12-28(36-42-27)37-14-23-9-10-33-13-24(23)15-37)32(41)38-16-25(39)11-26(38)31(40)35-19(3)21-5-7-22(8-6-21)30-20(4)34-17-43-30;3-2(4,5)1(6)7/h5-8,12,17-19,23-26,29,33,39H,9-11,13-16H2,1-4H3,(H,35,40);(H,6,7)/t19-,23-,24+,25+,26-,29+;/m0./s1. The van der Waals surface area contributed by atoms with Gasteiger partial charge in [0.2, 0.25) is 11.8 Å². The molecule has 2 amide bonds. The number of aliphatic hydroxyl groups is 1. The SMILES string of the molecule is Cc1ncsc1-c1ccc([C@H](C)NC(=O)[C@@H]2C[C@@H](O)CN2C(=O)[C@@H](c2cc(N3C[C@H]4CNCC[C@H]4C3)no2)C(C)C)cc1.O=C(O)C(F)(F)F. The number of aliphatic hydroxyl groups excluding tert-OH is 1. The number of piperidine rings is 1. The number of thiazole rings is 1. The lowest BCUT2D eigenvalue weighted by Crippen LogP contribution is -2.48. The van der Waals surface area contributed by atoms with Crippen molar-refractivity contribution in [2.45, 2.75) is 70.8 Å². The highest BCUT2D eigenvalue weighted by Crippen LogP contribution is 2.36. The molecule has 12 nitrogen and oxygen atoms in total. The van der Waals surface area contributed by atoms with E-state index in [2.05, 4.69) is 25.7 Å². The quantitative estimate of drug-likeness (QED) is 0.263. The molecule has 5 heterocycles. The molecular weight excluding hydrogens is 677 g/mol. The van der Waals surface area contributed by atoms with Gasteiger partial charge >= 0.3 is 12.1 Å². The van der Waals surface area contributed by atoms with E-state index in [1.165, 1.54) is 4.90 Å². The number of nitrogens with zero attached hydrogens (tertiary/aromatic N) is 4. The molecule has 6 rings (SSSR count). The number of rotatable bonds is 8. The van der Waals surface area contributed by atoms with Gasteiger partial charge in [0.05, 0.1) is 28.2 Å². The van der Waals surface area contributed by atoms with E-state index in [9.17, 15) is 27.9 Å². The number of fused-ring (bicyclic) bond motifs is 1. The zero-order valence-electron chi connectivity index (χ0n) is 28.3. The molecule has 0 spiro atoms. The molecule has 3 saturated heterocycles. The van der Waals surface area contributed by atoms with Gasteiger partial charge in [0.25, 0.3) is 0 Å². The Hall–Kier alpha value is -4.02. The Morgan fingerprint density at radius 3 is 2.38 bits per heavy atom. The second kappa shape index (κ2) is 15.5. The number of hydrogen-bond donors (Lipinski definition) is 4. The number of benzene rings is 1. The van der Waals surface area contributed by atoms with Crippen molar-refractivity contribution in [2.24, 2.45) is 17.8 Å². The fourth-order valence-corrected chi connectivity index (χ4v) is 7.76. The van der Waals surface area contributed by atoms with E-state index in [1.54, 1.807) is 11.3 Å². The highest BCUT2D eigenvalue weighted by atomic mass is 32.1. The molecule has 0 unspecified atom stereocenters. The van der Waals surface area contributed by atoms with Gasteiger partial charge in [-0.1, -0.05) is 43.3 Å². The summed E-state index contributed by atoms with van der Waals surface area (Å²) in [7, 11) is 0. The Labute approximate surface area is 292 Å². The van der Waals surface area contributed by atoms with Crippen LogP contribution in [0.1, 0.15) is 62.6 Å². The minimum absolute atomic E-state index is 0.0836. The van der Waals surface area contributed by atoms with Crippen molar-refractivity contribution < 1.29 is 42.3 Å². The van der Waals surface area contributed by atoms with E-state index >= 15 is 0 Å². The number of hydrogen-bond acceptors (Lipinski definition) is 10. The zero-order chi connectivity index (χ0) is 36.3. The molecular formula is C34H43F3N6O6S. The van der Waals surface area contributed by atoms with E-state index in [1.807, 2.05) is 63.5 Å². The number of aromatic nitrogens is 2. The van der Waals surface area contributed by atoms with Gasteiger partial charge < -0.3 is 35.2 Å². The molecule has 1 aromatic carbocycles. The second-order valence-electron chi connectivity index (χ2n) is 13.5. The average Bonchev–Trinajstić information content (AvgIpc) is 3.87. The number of β-amino-alcohol motifs (C(OH)–C–C–N with tert-alkyl or cyclic N) is 1. The van der Waals surface area contributed by atoms with E-state index in [0.29, 0.717) is 17.6 Å². The van der Waals surface area contributed by atoms with Crippen molar-refractivity contribution in [3.8, 4) is 10.4 Å². The zero-order valence-corrected chi connectivity index (χ0v) is 29.1. The lowest BCUT2D eigenvalue weighted by molar-refractivity contribution is -0.192. The molecule has 0 bridgehead atoms. The summed E-state index contributed by atoms with van der Waals surface area (Å²) >= 11 is 1.60. The van der Waals surface area contributed by atoms with Crippen molar-refractivity contribution in [3.05, 3.63) is 52.9 Å². The van der Waals surface area contributed by atoms with Gasteiger partial charge in [0.1, 0.15) is 12.0 Å². The number of carboxylic acids is 1. The number of carboxylic acid groups (broad SMARTS) is 1. The van der Waals surface area contributed by atoms with Crippen LogP contribution < -0.4 is 15.5 Å². The highest BCUT2D eigenvalue weighted by Gasteiger charge is 2.44. The predicted molar refractivity (Wildman–Crippen MR) is 179 cm³/mol. The van der Waals surface area contributed by atoms with E-state index in [0.717, 1.165) is 60.1 Å². The molecule has 0 aliphatic carbocycles. The third kappa shape index (κ3) is 8.46. The number of amides is 2. The van der Waals surface area contributed by atoms with E-state index in [-0.39, 0.29) is 36.7 Å². The summed E-state index contributed by atoms with van der Waals surface area (Å²) in [4.78, 5) is 45.7. The molecule has 3 aliphatic heterocycles. The van der Waals surface area contributed by atoms with Crippen molar-refractivity contribution in [1.29, 1.82) is 0 Å². The van der Waals surface area contributed by atoms with Crippen LogP contribution in [0.15, 0.2) is 40.4 Å². The molecule has 3 fully saturated rings. The lowest BCUT2D eigenvalue weighted by Gasteiger charge is -2.29. The third-order valence-corrected chi connectivity index (χ3v) is 10.6. The molecule has 272 valence electrons. The van der Waals surface area contributed by atoms with Crippen LogP contribution in [-0.4, -0.2) is 94.1 Å². The van der Waals surface area contributed by atoms with Crippen LogP contribution in [-0.2, 0) is 14.4 Å². The molecule has 0 radical (unpaired) electrons. The molecule has 16 heteroatoms. The first-order valence-corrected chi connectivity index (χ1v) is 17.5. The smallest absolute Gasteiger partial charge is 0.475 e. The maximum absolute atomic E-state index is 14.0. The summed E-state index contributed by atoms with van der Waals surface area (Å²) in [6, 6.07) is 8.97. The molecule has 3 aliphatic rings. The number of alkyl halides is 3. The molecule has 0 saturated carbocycles. The number of carbonyl (C=O) groups is 3. The Morgan fingerprint density at radius 1 is 1.10 bits per heavy atom. The van der Waals surface area contributed by atoms with E-state index in [4.69, 9.17) is 14.4 Å². The lowest BCUT2D eigenvalue weighted by atomic mass is 9.90. The first kappa shape index (κ1) is 37.2. The minimum atomic E-state index is -5.08. The molecule has 50 heavy (non-hydrogen) atoms. The normalized spacial score (nSPS) is 23.2. The van der Waals surface area contributed by atoms with Crippen molar-refractivity contribution in [2.75, 3.05) is 37.6 Å². The second-order valence-corrected chi connectivity index (χ2v) is 14.4. The van der Waals surface area contributed by atoms with Gasteiger partial charge in [-0.25, -0.2) is 9.78 Å². The van der Waals surface area contributed by atoms with Crippen LogP contribution in [0.4, 0.5) is 19.0 Å². The minimum Gasteiger partial charge on any atom is -0.475 e. The Bertz CT molecular complexity index is 1630. The topological polar surface area (TPSA) is 161 Å². The summed E-state index contributed by atoms with van der Waals surface area (Å²) in [6.07, 6.45) is -4.49. The van der Waals surface area contributed by atoms with Crippen LogP contribution in [0.3, 0.4) is 0 Å². The van der Waals surface area contributed by atoms with Crippen molar-refractivity contribution in [3.63, 3.8) is 0 Å². The average molecular weight is 721 g/mol. The molecule has 6 atom stereocenters. The van der Waals surface area contributed by atoms with Gasteiger partial charge in [-0.05, 0) is 62.2 Å². The largest absolute Gasteiger partial charge is 0.490 e. The van der Waals surface area contributed by atoms with Crippen LogP contribution in [0.2, 0.25) is 0 Å². The van der Waals surface area contributed by atoms with Crippen LogP contribution >= 0.6 is 11.3 Å². The summed E-state index contributed by atoms with van der Waals surface area (Å²) in [5, 5.41) is 28.6. The Morgan fingerprint density at radius 2 is 1.78 bits per heavy atom. The van der Waals surface area contributed by atoms with Crippen molar-refractivity contribution in [1.82, 2.24) is 25.7 Å².